The molecule has 0 saturated carbocycles. The molecule has 1 N–H and O–H groups in total. The summed E-state index contributed by atoms with van der Waals surface area (Å²) in [5, 5.41) is 15.9. The number of halogens is 1. The van der Waals surface area contributed by atoms with Gasteiger partial charge in [0, 0.05) is 22.1 Å². The van der Waals surface area contributed by atoms with Gasteiger partial charge in [0.25, 0.3) is 5.91 Å². The second-order valence-corrected chi connectivity index (χ2v) is 7.87. The highest BCUT2D eigenvalue weighted by atomic mass is 35.5. The number of nitrogens with one attached hydrogen (secondary N) is 1. The molecule has 0 spiro atoms. The molecule has 0 aliphatic carbocycles. The van der Waals surface area contributed by atoms with Gasteiger partial charge in [-0.05, 0) is 74.5 Å². The first-order valence-electron chi connectivity index (χ1n) is 8.27. The molecule has 4 rings (SSSR count). The zero-order chi connectivity index (χ0) is 19.3. The van der Waals surface area contributed by atoms with Gasteiger partial charge in [-0.25, -0.2) is 0 Å². The maximum absolute atomic E-state index is 12.5. The Kier molecular flexibility index (Phi) is 4.28. The van der Waals surface area contributed by atoms with Gasteiger partial charge in [0.2, 0.25) is 5.17 Å². The molecule has 6 nitrogen and oxygen atoms in total. The van der Waals surface area contributed by atoms with E-state index in [2.05, 4.69) is 14.7 Å². The molecule has 2 aliphatic heterocycles. The molecule has 0 radical (unpaired) electrons. The second kappa shape index (κ2) is 6.51. The average molecular weight is 398 g/mol. The number of fused-ring (bicyclic) bond motifs is 1. The highest BCUT2D eigenvalue weighted by molar-refractivity contribution is 8.26. The van der Waals surface area contributed by atoms with E-state index in [1.54, 1.807) is 6.08 Å². The van der Waals surface area contributed by atoms with E-state index in [0.29, 0.717) is 10.2 Å². The number of carbonyl (C=O) groups excluding carboxylic acids is 1. The Morgan fingerprint density at radius 1 is 1.19 bits per heavy atom. The molecule has 2 aliphatic rings. The van der Waals surface area contributed by atoms with Crippen LogP contribution in [-0.2, 0) is 4.79 Å². The summed E-state index contributed by atoms with van der Waals surface area (Å²) in [7, 11) is 0. The van der Waals surface area contributed by atoms with E-state index in [1.165, 1.54) is 16.8 Å². The minimum Gasteiger partial charge on any atom is -0.318 e. The third-order valence-corrected chi connectivity index (χ3v) is 5.49. The van der Waals surface area contributed by atoms with Crippen LogP contribution in [0.3, 0.4) is 0 Å². The van der Waals surface area contributed by atoms with Gasteiger partial charge in [-0.1, -0.05) is 11.6 Å². The Bertz CT molecular complexity index is 1080. The molecular weight excluding hydrogens is 382 g/mol. The van der Waals surface area contributed by atoms with Gasteiger partial charge < -0.3 is 4.57 Å². The van der Waals surface area contributed by atoms with E-state index in [9.17, 15) is 4.79 Å². The number of aromatic nitrogens is 1. The lowest BCUT2D eigenvalue weighted by Gasteiger charge is -2.20. The first kappa shape index (κ1) is 17.8. The van der Waals surface area contributed by atoms with Crippen molar-refractivity contribution >= 4 is 51.4 Å². The molecular formula is C19H16ClN5OS. The minimum absolute atomic E-state index is 0.0469. The summed E-state index contributed by atoms with van der Waals surface area (Å²) in [5.74, 6) is -0.370. The minimum atomic E-state index is -0.417. The van der Waals surface area contributed by atoms with Crippen LogP contribution in [0, 0.1) is 19.3 Å². The maximum Gasteiger partial charge on any atom is 0.283 e. The van der Waals surface area contributed by atoms with Gasteiger partial charge in [-0.3, -0.25) is 10.2 Å². The molecule has 0 fully saturated rings. The number of nitrogens with zero attached hydrogens (tertiary/aromatic N) is 4. The SMILES string of the molecule is CC1=NN2C(=N)C(=Cc3cc(C)n(-c4ccc(Cl)cc4)c3C)C(=O)N=C2S1. The zero-order valence-corrected chi connectivity index (χ0v) is 16.5. The summed E-state index contributed by atoms with van der Waals surface area (Å²) in [5.41, 5.74) is 4.07. The molecule has 136 valence electrons. The van der Waals surface area contributed by atoms with E-state index in [-0.39, 0.29) is 11.4 Å². The van der Waals surface area contributed by atoms with Crippen LogP contribution in [-0.4, -0.2) is 31.5 Å². The van der Waals surface area contributed by atoms with Crippen molar-refractivity contribution in [1.82, 2.24) is 9.58 Å². The normalized spacial score (nSPS) is 18.1. The number of hydrogen-bond donors (Lipinski definition) is 1. The van der Waals surface area contributed by atoms with E-state index in [4.69, 9.17) is 17.0 Å². The second-order valence-electron chi connectivity index (χ2n) is 6.28. The number of amides is 1. The summed E-state index contributed by atoms with van der Waals surface area (Å²) >= 11 is 7.29. The van der Waals surface area contributed by atoms with Gasteiger partial charge in [0.1, 0.15) is 0 Å². The first-order valence-corrected chi connectivity index (χ1v) is 9.46. The summed E-state index contributed by atoms with van der Waals surface area (Å²) in [6, 6.07) is 9.57. The Balaban J connectivity index is 1.77. The van der Waals surface area contributed by atoms with Crippen molar-refractivity contribution in [2.24, 2.45) is 10.1 Å². The van der Waals surface area contributed by atoms with Gasteiger partial charge in [0.15, 0.2) is 5.84 Å². The summed E-state index contributed by atoms with van der Waals surface area (Å²) in [4.78, 5) is 16.5. The third-order valence-electron chi connectivity index (χ3n) is 4.41. The average Bonchev–Trinajstić information content (AvgIpc) is 3.12. The number of aryl methyl sites for hydroxylation is 1. The highest BCUT2D eigenvalue weighted by Gasteiger charge is 2.34. The van der Waals surface area contributed by atoms with Crippen LogP contribution in [0.25, 0.3) is 11.8 Å². The summed E-state index contributed by atoms with van der Waals surface area (Å²) in [6.45, 7) is 5.80. The van der Waals surface area contributed by atoms with Crippen molar-refractivity contribution in [2.45, 2.75) is 20.8 Å². The predicted molar refractivity (Wildman–Crippen MR) is 111 cm³/mol. The molecule has 0 bridgehead atoms. The standard InChI is InChI=1S/C19H16ClN5OS/c1-10-8-13(11(2)24(10)15-6-4-14(20)5-7-15)9-16-17(21)25-19(22-18(16)26)27-12(3)23-25/h4-9,21H,1-3H3. The Labute approximate surface area is 165 Å². The molecule has 27 heavy (non-hydrogen) atoms. The highest BCUT2D eigenvalue weighted by Crippen LogP contribution is 2.29. The number of hydrazone groups is 1. The number of amidine groups is 2. The predicted octanol–water partition coefficient (Wildman–Crippen LogP) is 4.39. The van der Waals surface area contributed by atoms with Crippen molar-refractivity contribution in [2.75, 3.05) is 0 Å². The lowest BCUT2D eigenvalue weighted by atomic mass is 10.1. The number of hydrogen-bond acceptors (Lipinski definition) is 4. The van der Waals surface area contributed by atoms with Crippen molar-refractivity contribution in [1.29, 1.82) is 5.41 Å². The van der Waals surface area contributed by atoms with Crippen LogP contribution < -0.4 is 0 Å². The summed E-state index contributed by atoms with van der Waals surface area (Å²) in [6.07, 6.45) is 1.72. The number of benzene rings is 1. The van der Waals surface area contributed by atoms with Gasteiger partial charge in [-0.15, -0.1) is 0 Å². The maximum atomic E-state index is 12.5. The van der Waals surface area contributed by atoms with Gasteiger partial charge in [-0.2, -0.15) is 15.1 Å². The van der Waals surface area contributed by atoms with Crippen LogP contribution in [0.1, 0.15) is 23.9 Å². The molecule has 3 heterocycles. The molecule has 1 amide bonds. The number of thioether (sulfide) groups is 1. The molecule has 1 aromatic heterocycles. The van der Waals surface area contributed by atoms with E-state index in [1.807, 2.05) is 51.1 Å². The lowest BCUT2D eigenvalue weighted by Crippen LogP contribution is -2.35. The summed E-state index contributed by atoms with van der Waals surface area (Å²) < 4.78 is 2.09. The van der Waals surface area contributed by atoms with Crippen molar-refractivity contribution in [3.63, 3.8) is 0 Å². The fourth-order valence-corrected chi connectivity index (χ4v) is 4.02. The molecule has 0 saturated heterocycles. The van der Waals surface area contributed by atoms with Crippen LogP contribution in [0.2, 0.25) is 5.02 Å². The number of rotatable bonds is 2. The largest absolute Gasteiger partial charge is 0.318 e. The Morgan fingerprint density at radius 3 is 2.59 bits per heavy atom. The van der Waals surface area contributed by atoms with Gasteiger partial charge >= 0.3 is 0 Å². The molecule has 8 heteroatoms. The molecule has 1 aromatic carbocycles. The van der Waals surface area contributed by atoms with E-state index in [0.717, 1.165) is 27.7 Å². The van der Waals surface area contributed by atoms with Gasteiger partial charge in [0.05, 0.1) is 10.6 Å². The van der Waals surface area contributed by atoms with Crippen LogP contribution >= 0.6 is 23.4 Å². The van der Waals surface area contributed by atoms with E-state index < -0.39 is 5.91 Å². The Hall–Kier alpha value is -2.64. The smallest absolute Gasteiger partial charge is 0.283 e. The van der Waals surface area contributed by atoms with Crippen LogP contribution in [0.5, 0.6) is 0 Å². The Morgan fingerprint density at radius 2 is 1.89 bits per heavy atom. The lowest BCUT2D eigenvalue weighted by molar-refractivity contribution is -0.114. The fraction of sp³-hybridized carbons (Fsp3) is 0.158. The monoisotopic (exact) mass is 397 g/mol. The first-order chi connectivity index (χ1) is 12.8. The van der Waals surface area contributed by atoms with Crippen molar-refractivity contribution < 1.29 is 4.79 Å². The van der Waals surface area contributed by atoms with Crippen LogP contribution in [0.15, 0.2) is 46.0 Å². The van der Waals surface area contributed by atoms with Crippen molar-refractivity contribution in [3.8, 4) is 5.69 Å². The number of carbonyl (C=O) groups is 1. The topological polar surface area (TPSA) is 73.8 Å². The molecule has 2 aromatic rings. The quantitative estimate of drug-likeness (QED) is 0.764. The van der Waals surface area contributed by atoms with Crippen molar-refractivity contribution in [3.05, 3.63) is 57.9 Å². The molecule has 0 unspecified atom stereocenters. The third kappa shape index (κ3) is 3.02. The zero-order valence-electron chi connectivity index (χ0n) is 14.9. The molecule has 0 atom stereocenters. The van der Waals surface area contributed by atoms with E-state index >= 15 is 0 Å². The number of aliphatic imine (C=N–C) groups is 1. The van der Waals surface area contributed by atoms with Crippen LogP contribution in [0.4, 0.5) is 0 Å². The fourth-order valence-electron chi connectivity index (χ4n) is 3.16.